The topological polar surface area (TPSA) is 66.4 Å². The number of aryl methyl sites for hydroxylation is 2. The van der Waals surface area contributed by atoms with E-state index in [0.717, 1.165) is 11.1 Å². The summed E-state index contributed by atoms with van der Waals surface area (Å²) in [6, 6.07) is 13.5. The monoisotopic (exact) mass is 393 g/mol. The van der Waals surface area contributed by atoms with Crippen molar-refractivity contribution in [2.45, 2.75) is 32.4 Å². The van der Waals surface area contributed by atoms with Gasteiger partial charge in [-0.15, -0.1) is 0 Å². The molecule has 0 fully saturated rings. The number of carbonyl (C=O) groups is 2. The van der Waals surface area contributed by atoms with Gasteiger partial charge in [0.2, 0.25) is 0 Å². The highest BCUT2D eigenvalue weighted by Gasteiger charge is 2.27. The minimum atomic E-state index is -4.31. The van der Waals surface area contributed by atoms with Crippen molar-refractivity contribution in [1.82, 2.24) is 5.32 Å². The van der Waals surface area contributed by atoms with Crippen LogP contribution in [0.3, 0.4) is 0 Å². The van der Waals surface area contributed by atoms with Crippen molar-refractivity contribution in [1.29, 1.82) is 0 Å². The van der Waals surface area contributed by atoms with E-state index in [1.165, 1.54) is 12.1 Å². The fourth-order valence-electron chi connectivity index (χ4n) is 2.92. The highest BCUT2D eigenvalue weighted by atomic mass is 19.4. The Morgan fingerprint density at radius 2 is 1.82 bits per heavy atom. The Labute approximate surface area is 161 Å². The van der Waals surface area contributed by atoms with Gasteiger partial charge in [-0.25, -0.2) is 0 Å². The van der Waals surface area contributed by atoms with Gasteiger partial charge in [0, 0.05) is 18.5 Å². The van der Waals surface area contributed by atoms with Crippen molar-refractivity contribution >= 4 is 11.9 Å². The number of halogens is 3. The average molecular weight is 393 g/mol. The number of hydrogen-bond acceptors (Lipinski definition) is 2. The molecule has 7 heteroatoms. The first kappa shape index (κ1) is 21.5. The number of carbonyl (C=O) groups excluding carboxylic acids is 1. The highest BCUT2D eigenvalue weighted by Crippen LogP contribution is 2.23. The number of carboxylic acids is 1. The Morgan fingerprint density at radius 1 is 1.11 bits per heavy atom. The third kappa shape index (κ3) is 6.72. The summed E-state index contributed by atoms with van der Waals surface area (Å²) in [6.07, 6.45) is -5.40. The third-order valence-corrected chi connectivity index (χ3v) is 4.36. The van der Waals surface area contributed by atoms with Crippen LogP contribution in [0.4, 0.5) is 13.2 Å². The number of carboxylic acid groups (broad SMARTS) is 1. The molecule has 1 unspecified atom stereocenters. The summed E-state index contributed by atoms with van der Waals surface area (Å²) in [6.45, 7) is 1.79. The van der Waals surface area contributed by atoms with Gasteiger partial charge in [0.25, 0.3) is 5.91 Å². The second-order valence-electron chi connectivity index (χ2n) is 6.71. The van der Waals surface area contributed by atoms with E-state index in [9.17, 15) is 27.9 Å². The first-order valence-corrected chi connectivity index (χ1v) is 8.87. The van der Waals surface area contributed by atoms with Crippen LogP contribution in [-0.4, -0.2) is 29.7 Å². The van der Waals surface area contributed by atoms with Gasteiger partial charge < -0.3 is 10.4 Å². The molecule has 2 N–H and O–H groups in total. The first-order chi connectivity index (χ1) is 13.2. The highest BCUT2D eigenvalue weighted by molar-refractivity contribution is 5.95. The summed E-state index contributed by atoms with van der Waals surface area (Å²) in [5, 5.41) is 12.0. The molecule has 0 heterocycles. The summed E-state index contributed by atoms with van der Waals surface area (Å²) in [4.78, 5) is 24.0. The molecule has 0 aliphatic rings. The molecular formula is C21H22F3NO3. The van der Waals surface area contributed by atoms with Crippen LogP contribution in [0.25, 0.3) is 0 Å². The summed E-state index contributed by atoms with van der Waals surface area (Å²) in [5.41, 5.74) is 2.26. The lowest BCUT2D eigenvalue weighted by Crippen LogP contribution is -2.34. The molecule has 2 aromatic rings. The van der Waals surface area contributed by atoms with Crippen LogP contribution >= 0.6 is 0 Å². The summed E-state index contributed by atoms with van der Waals surface area (Å²) >= 11 is 0. The van der Waals surface area contributed by atoms with Gasteiger partial charge in [0.15, 0.2) is 0 Å². The van der Waals surface area contributed by atoms with Crippen LogP contribution in [0.1, 0.15) is 33.5 Å². The van der Waals surface area contributed by atoms with Gasteiger partial charge >= 0.3 is 12.1 Å². The zero-order valence-corrected chi connectivity index (χ0v) is 15.4. The second kappa shape index (κ2) is 9.39. The van der Waals surface area contributed by atoms with Gasteiger partial charge in [-0.2, -0.15) is 13.2 Å². The average Bonchev–Trinajstić information content (AvgIpc) is 2.62. The van der Waals surface area contributed by atoms with Crippen LogP contribution in [0.2, 0.25) is 0 Å². The molecule has 28 heavy (non-hydrogen) atoms. The molecule has 2 aromatic carbocycles. The van der Waals surface area contributed by atoms with Crippen molar-refractivity contribution in [3.63, 3.8) is 0 Å². The molecule has 0 bridgehead atoms. The van der Waals surface area contributed by atoms with E-state index in [-0.39, 0.29) is 30.5 Å². The smallest absolute Gasteiger partial charge is 0.389 e. The Balaban J connectivity index is 2.04. The number of hydrogen-bond donors (Lipinski definition) is 2. The SMILES string of the molecule is Cc1cccc(CC(CNC(=O)c2ccccc2CCC(F)(F)F)C(=O)O)c1. The number of amides is 1. The molecule has 4 nitrogen and oxygen atoms in total. The maximum Gasteiger partial charge on any atom is 0.389 e. The predicted molar refractivity (Wildman–Crippen MR) is 99.2 cm³/mol. The Hall–Kier alpha value is -2.83. The minimum absolute atomic E-state index is 0.115. The molecule has 1 atom stereocenters. The predicted octanol–water partition coefficient (Wildman–Crippen LogP) is 4.16. The van der Waals surface area contributed by atoms with Gasteiger partial charge in [0.1, 0.15) is 0 Å². The molecule has 1 amide bonds. The van der Waals surface area contributed by atoms with Gasteiger partial charge in [-0.05, 0) is 37.0 Å². The fourth-order valence-corrected chi connectivity index (χ4v) is 2.92. The molecule has 0 saturated heterocycles. The van der Waals surface area contributed by atoms with Crippen molar-refractivity contribution in [3.05, 3.63) is 70.8 Å². The van der Waals surface area contributed by atoms with E-state index in [2.05, 4.69) is 5.32 Å². The minimum Gasteiger partial charge on any atom is -0.481 e. The van der Waals surface area contributed by atoms with E-state index in [4.69, 9.17) is 0 Å². The molecule has 0 aliphatic heterocycles. The first-order valence-electron chi connectivity index (χ1n) is 8.87. The van der Waals surface area contributed by atoms with E-state index in [0.29, 0.717) is 0 Å². The summed E-state index contributed by atoms with van der Waals surface area (Å²) < 4.78 is 37.5. The van der Waals surface area contributed by atoms with E-state index < -0.39 is 30.4 Å². The standard InChI is InChI=1S/C21H22F3NO3/c1-14-5-4-6-15(11-14)12-17(20(27)28)13-25-19(26)18-8-3-2-7-16(18)9-10-21(22,23)24/h2-8,11,17H,9-10,12-13H2,1H3,(H,25,26)(H,27,28). The number of nitrogens with one attached hydrogen (secondary N) is 1. The molecular weight excluding hydrogens is 371 g/mol. The molecule has 0 saturated carbocycles. The normalized spacial score (nSPS) is 12.4. The molecule has 0 radical (unpaired) electrons. The van der Waals surface area contributed by atoms with Crippen molar-refractivity contribution in [2.75, 3.05) is 6.54 Å². The van der Waals surface area contributed by atoms with Gasteiger partial charge in [0.05, 0.1) is 5.92 Å². The molecule has 0 aliphatic carbocycles. The molecule has 150 valence electrons. The Morgan fingerprint density at radius 3 is 2.46 bits per heavy atom. The largest absolute Gasteiger partial charge is 0.481 e. The zero-order valence-electron chi connectivity index (χ0n) is 15.4. The lowest BCUT2D eigenvalue weighted by Gasteiger charge is -2.15. The van der Waals surface area contributed by atoms with Gasteiger partial charge in [-0.1, -0.05) is 48.0 Å². The van der Waals surface area contributed by atoms with Crippen LogP contribution in [0, 0.1) is 12.8 Å². The lowest BCUT2D eigenvalue weighted by atomic mass is 9.97. The molecule has 2 rings (SSSR count). The van der Waals surface area contributed by atoms with Crippen LogP contribution in [0.5, 0.6) is 0 Å². The van der Waals surface area contributed by atoms with Crippen molar-refractivity contribution in [2.24, 2.45) is 5.92 Å². The van der Waals surface area contributed by atoms with Crippen LogP contribution in [0.15, 0.2) is 48.5 Å². The number of benzene rings is 2. The van der Waals surface area contributed by atoms with Gasteiger partial charge in [-0.3, -0.25) is 9.59 Å². The maximum absolute atomic E-state index is 12.5. The van der Waals surface area contributed by atoms with Crippen LogP contribution < -0.4 is 5.32 Å². The van der Waals surface area contributed by atoms with E-state index in [1.807, 2.05) is 31.2 Å². The van der Waals surface area contributed by atoms with E-state index >= 15 is 0 Å². The maximum atomic E-state index is 12.5. The molecule has 0 spiro atoms. The van der Waals surface area contributed by atoms with Crippen molar-refractivity contribution in [3.8, 4) is 0 Å². The zero-order chi connectivity index (χ0) is 20.7. The molecule has 0 aromatic heterocycles. The third-order valence-electron chi connectivity index (χ3n) is 4.36. The summed E-state index contributed by atoms with van der Waals surface area (Å²) in [5.74, 6) is -2.46. The second-order valence-corrected chi connectivity index (χ2v) is 6.71. The van der Waals surface area contributed by atoms with E-state index in [1.54, 1.807) is 12.1 Å². The number of rotatable bonds is 8. The quantitative estimate of drug-likeness (QED) is 0.708. The van der Waals surface area contributed by atoms with Crippen LogP contribution in [-0.2, 0) is 17.6 Å². The van der Waals surface area contributed by atoms with Crippen molar-refractivity contribution < 1.29 is 27.9 Å². The summed E-state index contributed by atoms with van der Waals surface area (Å²) in [7, 11) is 0. The Kier molecular flexibility index (Phi) is 7.20. The Bertz CT molecular complexity index is 834. The lowest BCUT2D eigenvalue weighted by molar-refractivity contribution is -0.141. The number of alkyl halides is 3. The fraction of sp³-hybridized carbons (Fsp3) is 0.333. The number of aliphatic carboxylic acids is 1.